The molecule has 1 N–H and O–H groups in total. The van der Waals surface area contributed by atoms with Crippen LogP contribution in [0.5, 0.6) is 0 Å². The lowest BCUT2D eigenvalue weighted by Crippen LogP contribution is -2.43. The summed E-state index contributed by atoms with van der Waals surface area (Å²) in [6, 6.07) is 0. The van der Waals surface area contributed by atoms with Crippen LogP contribution >= 0.6 is 0 Å². The molecule has 2 unspecified atom stereocenters. The summed E-state index contributed by atoms with van der Waals surface area (Å²) in [5, 5.41) is 6.87. The molecule has 2 rings (SSSR count). The third-order valence-electron chi connectivity index (χ3n) is 3.37. The molecule has 1 aromatic heterocycles. The number of nitrogens with one attached hydrogen (secondary N) is 1. The van der Waals surface area contributed by atoms with Gasteiger partial charge in [-0.2, -0.15) is 0 Å². The molecule has 18 heavy (non-hydrogen) atoms. The Hall–Kier alpha value is -1.39. The highest BCUT2D eigenvalue weighted by atomic mass is 16.2. The summed E-state index contributed by atoms with van der Waals surface area (Å²) >= 11 is 0. The first-order valence-electron chi connectivity index (χ1n) is 6.80. The highest BCUT2D eigenvalue weighted by molar-refractivity contribution is 5.90. The third-order valence-corrected chi connectivity index (χ3v) is 3.37. The van der Waals surface area contributed by atoms with Crippen molar-refractivity contribution in [1.82, 2.24) is 20.1 Å². The topological polar surface area (TPSA) is 61.9 Å². The van der Waals surface area contributed by atoms with Crippen LogP contribution in [0.2, 0.25) is 0 Å². The lowest BCUT2D eigenvalue weighted by molar-refractivity contribution is 0.0611. The van der Waals surface area contributed by atoms with Crippen molar-refractivity contribution in [2.75, 3.05) is 13.1 Å². The maximum Gasteiger partial charge on any atom is 0.293 e. The molecule has 1 aromatic rings. The Morgan fingerprint density at radius 2 is 2.06 bits per heavy atom. The lowest BCUT2D eigenvalue weighted by atomic mass is 9.92. The first kappa shape index (κ1) is 13.1. The standard InChI is InChI=1S/C13H22N4O/c1-4-5-11-14-12(16-15-11)13(18)17-7-9(2)6-10(3)8-17/h9-10H,4-8H2,1-3H3,(H,14,15,16). The van der Waals surface area contributed by atoms with Gasteiger partial charge < -0.3 is 4.90 Å². The Morgan fingerprint density at radius 3 is 2.67 bits per heavy atom. The van der Waals surface area contributed by atoms with Crippen LogP contribution in [0.4, 0.5) is 0 Å². The van der Waals surface area contributed by atoms with Gasteiger partial charge in [-0.1, -0.05) is 20.8 Å². The largest absolute Gasteiger partial charge is 0.335 e. The number of nitrogens with zero attached hydrogens (tertiary/aromatic N) is 3. The van der Waals surface area contributed by atoms with Crippen molar-refractivity contribution in [2.24, 2.45) is 11.8 Å². The predicted molar refractivity (Wildman–Crippen MR) is 69.2 cm³/mol. The van der Waals surface area contributed by atoms with Gasteiger partial charge in [-0.3, -0.25) is 9.89 Å². The van der Waals surface area contributed by atoms with Gasteiger partial charge in [0.2, 0.25) is 5.82 Å². The number of carbonyl (C=O) groups is 1. The molecule has 2 atom stereocenters. The number of amides is 1. The number of piperidine rings is 1. The summed E-state index contributed by atoms with van der Waals surface area (Å²) in [6.07, 6.45) is 3.03. The fraction of sp³-hybridized carbons (Fsp3) is 0.769. The van der Waals surface area contributed by atoms with Gasteiger partial charge in [-0.05, 0) is 24.7 Å². The van der Waals surface area contributed by atoms with E-state index in [2.05, 4.69) is 36.0 Å². The molecule has 1 fully saturated rings. The van der Waals surface area contributed by atoms with E-state index in [0.29, 0.717) is 17.7 Å². The Kier molecular flexibility index (Phi) is 3.99. The molecule has 0 aromatic carbocycles. The van der Waals surface area contributed by atoms with Crippen LogP contribution in [-0.2, 0) is 6.42 Å². The Bertz CT molecular complexity index is 405. The zero-order valence-corrected chi connectivity index (χ0v) is 11.4. The maximum atomic E-state index is 12.3. The third kappa shape index (κ3) is 2.89. The van der Waals surface area contributed by atoms with Crippen LogP contribution < -0.4 is 0 Å². The van der Waals surface area contributed by atoms with Crippen LogP contribution in [0.3, 0.4) is 0 Å². The van der Waals surface area contributed by atoms with Gasteiger partial charge in [0, 0.05) is 19.5 Å². The van der Waals surface area contributed by atoms with Crippen molar-refractivity contribution < 1.29 is 4.79 Å². The van der Waals surface area contributed by atoms with Gasteiger partial charge in [-0.25, -0.2) is 4.98 Å². The van der Waals surface area contributed by atoms with Crippen LogP contribution in [-0.4, -0.2) is 39.1 Å². The lowest BCUT2D eigenvalue weighted by Gasteiger charge is -2.34. The monoisotopic (exact) mass is 250 g/mol. The van der Waals surface area contributed by atoms with Gasteiger partial charge in [0.25, 0.3) is 5.91 Å². The average Bonchev–Trinajstić information content (AvgIpc) is 2.76. The number of likely N-dealkylation sites (tertiary alicyclic amines) is 1. The van der Waals surface area contributed by atoms with Crippen molar-refractivity contribution in [3.63, 3.8) is 0 Å². The second-order valence-corrected chi connectivity index (χ2v) is 5.51. The second-order valence-electron chi connectivity index (χ2n) is 5.51. The maximum absolute atomic E-state index is 12.3. The van der Waals surface area contributed by atoms with Gasteiger partial charge in [0.05, 0.1) is 0 Å². The molecule has 0 saturated carbocycles. The summed E-state index contributed by atoms with van der Waals surface area (Å²) < 4.78 is 0. The molecule has 1 amide bonds. The van der Waals surface area contributed by atoms with Gasteiger partial charge in [0.15, 0.2) is 0 Å². The van der Waals surface area contributed by atoms with E-state index in [9.17, 15) is 4.79 Å². The molecule has 0 aliphatic carbocycles. The van der Waals surface area contributed by atoms with Crippen molar-refractivity contribution in [1.29, 1.82) is 0 Å². The smallest absolute Gasteiger partial charge is 0.293 e. The number of hydrogen-bond donors (Lipinski definition) is 1. The number of H-pyrrole nitrogens is 1. The highest BCUT2D eigenvalue weighted by Crippen LogP contribution is 2.21. The van der Waals surface area contributed by atoms with E-state index in [0.717, 1.165) is 31.8 Å². The minimum absolute atomic E-state index is 0.0352. The van der Waals surface area contributed by atoms with Gasteiger partial charge >= 0.3 is 0 Å². The average molecular weight is 250 g/mol. The Morgan fingerprint density at radius 1 is 1.39 bits per heavy atom. The van der Waals surface area contributed by atoms with Crippen molar-refractivity contribution in [2.45, 2.75) is 40.0 Å². The van der Waals surface area contributed by atoms with E-state index < -0.39 is 0 Å². The molecule has 100 valence electrons. The van der Waals surface area contributed by atoms with Crippen LogP contribution in [0, 0.1) is 11.8 Å². The second kappa shape index (κ2) is 5.50. The van der Waals surface area contributed by atoms with E-state index in [-0.39, 0.29) is 5.91 Å². The summed E-state index contributed by atoms with van der Waals surface area (Å²) in [6.45, 7) is 8.10. The van der Waals surface area contributed by atoms with Crippen molar-refractivity contribution in [3.05, 3.63) is 11.6 Å². The fourth-order valence-electron chi connectivity index (χ4n) is 2.71. The molecule has 2 heterocycles. The summed E-state index contributed by atoms with van der Waals surface area (Å²) in [7, 11) is 0. The number of aromatic nitrogens is 3. The molecule has 5 nitrogen and oxygen atoms in total. The SMILES string of the molecule is CCCc1nc(C(=O)N2CC(C)CC(C)C2)n[nH]1. The van der Waals surface area contributed by atoms with Crippen molar-refractivity contribution >= 4 is 5.91 Å². The summed E-state index contributed by atoms with van der Waals surface area (Å²) in [4.78, 5) is 18.4. The van der Waals surface area contributed by atoms with Gasteiger partial charge in [0.1, 0.15) is 5.82 Å². The van der Waals surface area contributed by atoms with Crippen LogP contribution in [0.1, 0.15) is 50.1 Å². The normalized spacial score (nSPS) is 24.3. The van der Waals surface area contributed by atoms with Crippen molar-refractivity contribution in [3.8, 4) is 0 Å². The van der Waals surface area contributed by atoms with Crippen LogP contribution in [0.15, 0.2) is 0 Å². The molecule has 1 saturated heterocycles. The molecular weight excluding hydrogens is 228 g/mol. The highest BCUT2D eigenvalue weighted by Gasteiger charge is 2.28. The Balaban J connectivity index is 2.05. The summed E-state index contributed by atoms with van der Waals surface area (Å²) in [5.41, 5.74) is 0. The predicted octanol–water partition coefficient (Wildman–Crippen LogP) is 1.88. The quantitative estimate of drug-likeness (QED) is 0.891. The zero-order valence-electron chi connectivity index (χ0n) is 11.4. The van der Waals surface area contributed by atoms with Crippen LogP contribution in [0.25, 0.3) is 0 Å². The first-order valence-corrected chi connectivity index (χ1v) is 6.80. The summed E-state index contributed by atoms with van der Waals surface area (Å²) in [5.74, 6) is 2.21. The molecule has 5 heteroatoms. The number of carbonyl (C=O) groups excluding carboxylic acids is 1. The molecule has 1 aliphatic heterocycles. The van der Waals surface area contributed by atoms with E-state index in [1.54, 1.807) is 0 Å². The number of rotatable bonds is 3. The number of aryl methyl sites for hydroxylation is 1. The Labute approximate surface area is 108 Å². The first-order chi connectivity index (χ1) is 8.60. The molecule has 0 radical (unpaired) electrons. The number of aromatic amines is 1. The number of hydrogen-bond acceptors (Lipinski definition) is 3. The molecule has 1 aliphatic rings. The minimum Gasteiger partial charge on any atom is -0.335 e. The van der Waals surface area contributed by atoms with E-state index in [1.165, 1.54) is 6.42 Å². The van der Waals surface area contributed by atoms with E-state index in [4.69, 9.17) is 0 Å². The van der Waals surface area contributed by atoms with Gasteiger partial charge in [-0.15, -0.1) is 5.10 Å². The fourth-order valence-corrected chi connectivity index (χ4v) is 2.71. The molecule has 0 bridgehead atoms. The van der Waals surface area contributed by atoms with E-state index >= 15 is 0 Å². The zero-order chi connectivity index (χ0) is 13.1. The molecule has 0 spiro atoms. The molecular formula is C13H22N4O. The minimum atomic E-state index is -0.0352. The van der Waals surface area contributed by atoms with E-state index in [1.807, 2.05) is 4.90 Å².